The van der Waals surface area contributed by atoms with Gasteiger partial charge in [0.2, 0.25) is 0 Å². The smallest absolute Gasteiger partial charge is 0.184 e. The number of benzene rings is 2. The summed E-state index contributed by atoms with van der Waals surface area (Å²) in [5.41, 5.74) is 3.81. The van der Waals surface area contributed by atoms with Gasteiger partial charge in [0, 0.05) is 36.3 Å². The minimum Gasteiger partial charge on any atom is -0.299 e. The monoisotopic (exact) mass is 484 g/mol. The molecular weight excluding hydrogens is 456 g/mol. The number of sulfone groups is 1. The van der Waals surface area contributed by atoms with Crippen LogP contribution in [0.4, 0.5) is 0 Å². The summed E-state index contributed by atoms with van der Waals surface area (Å²) in [7, 11) is -3.47. The number of aromatic nitrogens is 2. The van der Waals surface area contributed by atoms with Crippen molar-refractivity contribution >= 4 is 26.4 Å². The second-order valence-corrected chi connectivity index (χ2v) is 11.3. The molecule has 2 aromatic heterocycles. The van der Waals surface area contributed by atoms with E-state index in [1.807, 2.05) is 30.6 Å². The van der Waals surface area contributed by atoms with Crippen LogP contribution in [0.2, 0.25) is 0 Å². The minimum atomic E-state index is -3.47. The molecule has 0 amide bonds. The summed E-state index contributed by atoms with van der Waals surface area (Å²) in [4.78, 5) is 21.8. The van der Waals surface area contributed by atoms with Crippen LogP contribution in [-0.2, 0) is 33.2 Å². The summed E-state index contributed by atoms with van der Waals surface area (Å²) in [5, 5.41) is 2.29. The Morgan fingerprint density at radius 3 is 2.60 bits per heavy atom. The Morgan fingerprint density at radius 1 is 1.03 bits per heavy atom. The third kappa shape index (κ3) is 5.17. The molecule has 2 atom stereocenters. The SMILES string of the molecule is CCCc1cncc2ccc(CC(=O)[C@@H]3CC3c3ccc(S(=O)(=O)Cc4ccccn4)cc3)cc12. The van der Waals surface area contributed by atoms with Crippen molar-refractivity contribution in [1.82, 2.24) is 9.97 Å². The lowest BCUT2D eigenvalue weighted by molar-refractivity contribution is -0.119. The number of Topliss-reactive ketones (excluding diaryl/α,β-unsaturated/α-hetero) is 1. The topological polar surface area (TPSA) is 77.0 Å². The number of hydrogen-bond acceptors (Lipinski definition) is 5. The number of fused-ring (bicyclic) bond motifs is 1. The number of carbonyl (C=O) groups excluding carboxylic acids is 1. The van der Waals surface area contributed by atoms with Crippen molar-refractivity contribution in [2.45, 2.75) is 49.2 Å². The Morgan fingerprint density at radius 2 is 1.86 bits per heavy atom. The van der Waals surface area contributed by atoms with Gasteiger partial charge in [-0.25, -0.2) is 8.42 Å². The van der Waals surface area contributed by atoms with Crippen molar-refractivity contribution in [3.8, 4) is 0 Å². The van der Waals surface area contributed by atoms with Gasteiger partial charge in [-0.2, -0.15) is 0 Å². The highest BCUT2D eigenvalue weighted by Crippen LogP contribution is 2.48. The van der Waals surface area contributed by atoms with E-state index in [9.17, 15) is 13.2 Å². The Bertz CT molecular complexity index is 1470. The molecule has 2 heterocycles. The van der Waals surface area contributed by atoms with Crippen LogP contribution < -0.4 is 0 Å². The van der Waals surface area contributed by atoms with Gasteiger partial charge in [0.1, 0.15) is 5.78 Å². The molecule has 0 radical (unpaired) electrons. The highest BCUT2D eigenvalue weighted by atomic mass is 32.2. The van der Waals surface area contributed by atoms with Gasteiger partial charge in [0.05, 0.1) is 16.3 Å². The van der Waals surface area contributed by atoms with E-state index < -0.39 is 9.84 Å². The standard InChI is InChI=1S/C29H28N2O3S/c1-2-5-22-17-30-18-23-8-7-20(14-26(22)23)15-29(32)28-16-27(28)21-9-11-25(12-10-21)35(33,34)19-24-6-3-4-13-31-24/h3-4,6-14,17-18,27-28H,2,5,15-16,19H2,1H3/t27?,28-/m1/s1. The molecule has 6 heteroatoms. The summed E-state index contributed by atoms with van der Waals surface area (Å²) >= 11 is 0. The van der Waals surface area contributed by atoms with Crippen molar-refractivity contribution < 1.29 is 13.2 Å². The van der Waals surface area contributed by atoms with E-state index in [1.54, 1.807) is 36.5 Å². The molecule has 5 nitrogen and oxygen atoms in total. The van der Waals surface area contributed by atoms with E-state index in [4.69, 9.17) is 0 Å². The maximum atomic E-state index is 13.0. The van der Waals surface area contributed by atoms with Crippen molar-refractivity contribution in [3.05, 3.63) is 102 Å². The summed E-state index contributed by atoms with van der Waals surface area (Å²) in [6, 6.07) is 18.5. The van der Waals surface area contributed by atoms with Gasteiger partial charge in [-0.15, -0.1) is 0 Å². The van der Waals surface area contributed by atoms with E-state index in [-0.39, 0.29) is 28.3 Å². The van der Waals surface area contributed by atoms with E-state index in [0.29, 0.717) is 12.1 Å². The molecule has 178 valence electrons. The van der Waals surface area contributed by atoms with Gasteiger partial charge in [-0.1, -0.05) is 49.7 Å². The fourth-order valence-electron chi connectivity index (χ4n) is 4.79. The van der Waals surface area contributed by atoms with Crippen LogP contribution in [0.15, 0.2) is 84.1 Å². The van der Waals surface area contributed by atoms with Crippen LogP contribution in [0, 0.1) is 5.92 Å². The maximum absolute atomic E-state index is 13.0. The van der Waals surface area contributed by atoms with E-state index >= 15 is 0 Å². The first-order valence-electron chi connectivity index (χ1n) is 12.1. The summed E-state index contributed by atoms with van der Waals surface area (Å²) < 4.78 is 25.5. The van der Waals surface area contributed by atoms with Crippen LogP contribution in [-0.4, -0.2) is 24.2 Å². The number of carbonyl (C=O) groups is 1. The van der Waals surface area contributed by atoms with Crippen LogP contribution in [0.3, 0.4) is 0 Å². The fourth-order valence-corrected chi connectivity index (χ4v) is 6.06. The molecule has 1 unspecified atom stereocenters. The molecule has 0 saturated heterocycles. The number of ketones is 1. The average molecular weight is 485 g/mol. The van der Waals surface area contributed by atoms with Gasteiger partial charge in [-0.3, -0.25) is 14.8 Å². The van der Waals surface area contributed by atoms with Gasteiger partial charge in [0.15, 0.2) is 9.84 Å². The van der Waals surface area contributed by atoms with Gasteiger partial charge in [-0.05, 0) is 65.1 Å². The lowest BCUT2D eigenvalue weighted by atomic mass is 9.98. The van der Waals surface area contributed by atoms with Gasteiger partial charge < -0.3 is 0 Å². The third-order valence-electron chi connectivity index (χ3n) is 6.74. The molecule has 0 spiro atoms. The average Bonchev–Trinajstić information content (AvgIpc) is 3.66. The largest absolute Gasteiger partial charge is 0.299 e. The lowest BCUT2D eigenvalue weighted by Gasteiger charge is -2.08. The van der Waals surface area contributed by atoms with Crippen molar-refractivity contribution in [1.29, 1.82) is 0 Å². The fraction of sp³-hybridized carbons (Fsp3) is 0.276. The molecule has 0 aliphatic heterocycles. The van der Waals surface area contributed by atoms with E-state index in [1.165, 1.54) is 10.9 Å². The number of pyridine rings is 2. The summed E-state index contributed by atoms with van der Waals surface area (Å²) in [6.07, 6.45) is 8.65. The highest BCUT2D eigenvalue weighted by molar-refractivity contribution is 7.90. The molecule has 1 aliphatic carbocycles. The molecule has 0 bridgehead atoms. The molecule has 2 aromatic carbocycles. The first kappa shape index (κ1) is 23.4. The van der Waals surface area contributed by atoms with E-state index in [2.05, 4.69) is 29.0 Å². The van der Waals surface area contributed by atoms with E-state index in [0.717, 1.165) is 35.8 Å². The number of hydrogen-bond donors (Lipinski definition) is 0. The number of aryl methyl sites for hydroxylation is 1. The van der Waals surface area contributed by atoms with Crippen LogP contribution in [0.25, 0.3) is 10.8 Å². The quantitative estimate of drug-likeness (QED) is 0.315. The predicted molar refractivity (Wildman–Crippen MR) is 137 cm³/mol. The van der Waals surface area contributed by atoms with Gasteiger partial charge >= 0.3 is 0 Å². The van der Waals surface area contributed by atoms with Crippen LogP contribution >= 0.6 is 0 Å². The second kappa shape index (κ2) is 9.70. The molecule has 0 N–H and O–H groups in total. The molecular formula is C29H28N2O3S. The lowest BCUT2D eigenvalue weighted by Crippen LogP contribution is -2.07. The Kier molecular flexibility index (Phi) is 6.48. The zero-order chi connectivity index (χ0) is 24.4. The number of nitrogens with zero attached hydrogens (tertiary/aromatic N) is 2. The minimum absolute atomic E-state index is 0.00535. The molecule has 1 saturated carbocycles. The zero-order valence-corrected chi connectivity index (χ0v) is 20.5. The second-order valence-electron chi connectivity index (χ2n) is 9.35. The molecule has 4 aromatic rings. The van der Waals surface area contributed by atoms with Gasteiger partial charge in [0.25, 0.3) is 0 Å². The summed E-state index contributed by atoms with van der Waals surface area (Å²) in [6.45, 7) is 2.15. The normalized spacial score (nSPS) is 17.4. The Labute approximate surface area is 206 Å². The van der Waals surface area contributed by atoms with Crippen molar-refractivity contribution in [2.75, 3.05) is 0 Å². The molecule has 5 rings (SSSR count). The first-order chi connectivity index (χ1) is 16.9. The Balaban J connectivity index is 1.25. The van der Waals surface area contributed by atoms with Crippen LogP contribution in [0.5, 0.6) is 0 Å². The third-order valence-corrected chi connectivity index (χ3v) is 8.41. The number of rotatable bonds is 9. The zero-order valence-electron chi connectivity index (χ0n) is 19.7. The maximum Gasteiger partial charge on any atom is 0.184 e. The Hall–Kier alpha value is -3.38. The summed E-state index contributed by atoms with van der Waals surface area (Å²) in [5.74, 6) is 0.274. The van der Waals surface area contributed by atoms with Crippen molar-refractivity contribution in [2.24, 2.45) is 5.92 Å². The predicted octanol–water partition coefficient (Wildman–Crippen LogP) is 5.47. The van der Waals surface area contributed by atoms with Crippen molar-refractivity contribution in [3.63, 3.8) is 0 Å². The first-order valence-corrected chi connectivity index (χ1v) is 13.7. The highest BCUT2D eigenvalue weighted by Gasteiger charge is 2.43. The van der Waals surface area contributed by atoms with Crippen LogP contribution in [0.1, 0.15) is 48.1 Å². The molecule has 35 heavy (non-hydrogen) atoms. The molecule has 1 aliphatic rings. The molecule has 1 fully saturated rings.